The van der Waals surface area contributed by atoms with Gasteiger partial charge in [-0.2, -0.15) is 0 Å². The van der Waals surface area contributed by atoms with Gasteiger partial charge in [-0.1, -0.05) is 24.2 Å². The monoisotopic (exact) mass is 473 g/mol. The zero-order valence-corrected chi connectivity index (χ0v) is 18.0. The Morgan fingerprint density at radius 1 is 1.23 bits per heavy atom. The van der Waals surface area contributed by atoms with Crippen LogP contribution in [0.3, 0.4) is 0 Å². The van der Waals surface area contributed by atoms with Crippen LogP contribution in [-0.4, -0.2) is 42.8 Å². The molecule has 0 unspecified atom stereocenters. The number of carbonyl (C=O) groups excluding carboxylic acids is 1. The zero-order valence-electron chi connectivity index (χ0n) is 16.4. The lowest BCUT2D eigenvalue weighted by Crippen LogP contribution is -2.38. The molecule has 0 bridgehead atoms. The molecule has 0 saturated heterocycles. The predicted octanol–water partition coefficient (Wildman–Crippen LogP) is 3.90. The van der Waals surface area contributed by atoms with Crippen LogP contribution in [0.25, 0.3) is 0 Å². The van der Waals surface area contributed by atoms with Gasteiger partial charge in [0.15, 0.2) is 26.6 Å². The molecule has 0 radical (unpaired) electrons. The largest absolute Gasteiger partial charge is 0.481 e. The molecule has 0 spiro atoms. The summed E-state index contributed by atoms with van der Waals surface area (Å²) in [5.74, 6) is -3.72. The van der Waals surface area contributed by atoms with Crippen LogP contribution < -0.4 is 10.2 Å². The van der Waals surface area contributed by atoms with E-state index in [0.29, 0.717) is 17.9 Å². The van der Waals surface area contributed by atoms with Crippen LogP contribution in [0, 0.1) is 17.6 Å². The smallest absolute Gasteiger partial charge is 0.328 e. The first-order valence-electron chi connectivity index (χ1n) is 9.59. The molecule has 1 aliphatic rings. The molecule has 1 fully saturated rings. The van der Waals surface area contributed by atoms with E-state index in [1.807, 2.05) is 0 Å². The number of thiazole rings is 1. The molecule has 0 aliphatic heterocycles. The average molecular weight is 474 g/mol. The van der Waals surface area contributed by atoms with Crippen molar-refractivity contribution >= 4 is 44.0 Å². The van der Waals surface area contributed by atoms with Crippen LogP contribution in [0.5, 0.6) is 0 Å². The van der Waals surface area contributed by atoms with Gasteiger partial charge in [0.25, 0.3) is 0 Å². The van der Waals surface area contributed by atoms with Crippen molar-refractivity contribution in [3.05, 3.63) is 36.0 Å². The molecule has 31 heavy (non-hydrogen) atoms. The van der Waals surface area contributed by atoms with Gasteiger partial charge in [0, 0.05) is 18.3 Å². The number of aliphatic carboxylic acids is 1. The number of urea groups is 1. The molecule has 2 N–H and O–H groups in total. The van der Waals surface area contributed by atoms with E-state index in [2.05, 4.69) is 10.3 Å². The number of hydrogen-bond acceptors (Lipinski definition) is 6. The molecule has 1 saturated carbocycles. The zero-order chi connectivity index (χ0) is 22.6. The summed E-state index contributed by atoms with van der Waals surface area (Å²) in [7, 11) is -3.85. The fourth-order valence-electron chi connectivity index (χ4n) is 3.35. The number of carboxylic acid groups (broad SMARTS) is 1. The minimum Gasteiger partial charge on any atom is -0.481 e. The number of hydrogen-bond donors (Lipinski definition) is 2. The predicted molar refractivity (Wildman–Crippen MR) is 111 cm³/mol. The third-order valence-electron chi connectivity index (χ3n) is 4.97. The van der Waals surface area contributed by atoms with Crippen molar-refractivity contribution in [3.8, 4) is 0 Å². The molecule has 0 atom stereocenters. The number of benzene rings is 1. The lowest BCUT2D eigenvalue weighted by molar-refractivity contribution is -0.136. The van der Waals surface area contributed by atoms with E-state index in [1.165, 1.54) is 11.0 Å². The Balaban J connectivity index is 1.78. The van der Waals surface area contributed by atoms with Gasteiger partial charge < -0.3 is 5.11 Å². The number of carbonyl (C=O) groups is 2. The topological polar surface area (TPSA) is 117 Å². The van der Waals surface area contributed by atoms with E-state index in [0.717, 1.165) is 44.0 Å². The molecule has 1 heterocycles. The van der Waals surface area contributed by atoms with Crippen LogP contribution in [0.4, 0.5) is 24.4 Å². The second kappa shape index (κ2) is 9.69. The first kappa shape index (κ1) is 23.1. The Bertz CT molecular complexity index is 1070. The van der Waals surface area contributed by atoms with Crippen molar-refractivity contribution in [2.75, 3.05) is 22.5 Å². The maximum Gasteiger partial charge on any atom is 0.328 e. The van der Waals surface area contributed by atoms with E-state index in [9.17, 15) is 26.8 Å². The molecule has 3 rings (SSSR count). The van der Waals surface area contributed by atoms with E-state index < -0.39 is 45.6 Å². The van der Waals surface area contributed by atoms with Crippen LogP contribution in [0.2, 0.25) is 0 Å². The van der Waals surface area contributed by atoms with Gasteiger partial charge in [-0.05, 0) is 30.9 Å². The Hall–Kier alpha value is -2.60. The number of halogens is 2. The third kappa shape index (κ3) is 5.97. The summed E-state index contributed by atoms with van der Waals surface area (Å²) in [6, 6.07) is 2.53. The minimum atomic E-state index is -3.85. The standard InChI is InChI=1S/C19H21F2N3O5S2/c20-14-6-5-13(9-15(14)21)24(11-12-3-1-2-4-12)19(27)23-18-22-10-17(30-18)31(28,29)8-7-16(25)26/h5-6,9-10,12H,1-4,7-8,11H2,(H,25,26)(H,22,23,27). The SMILES string of the molecule is O=C(O)CCS(=O)(=O)c1cnc(NC(=O)N(CC2CCCC2)c2ccc(F)c(F)c2)s1. The summed E-state index contributed by atoms with van der Waals surface area (Å²) in [5.41, 5.74) is 0.175. The number of sulfone groups is 1. The van der Waals surface area contributed by atoms with Crippen molar-refractivity contribution in [3.63, 3.8) is 0 Å². The Morgan fingerprint density at radius 2 is 1.94 bits per heavy atom. The molecule has 1 aliphatic carbocycles. The molecular weight excluding hydrogens is 452 g/mol. The van der Waals surface area contributed by atoms with Gasteiger partial charge in [0.05, 0.1) is 18.4 Å². The van der Waals surface area contributed by atoms with Crippen molar-refractivity contribution in [2.24, 2.45) is 5.92 Å². The second-order valence-electron chi connectivity index (χ2n) is 7.24. The first-order valence-corrected chi connectivity index (χ1v) is 12.1. The maximum absolute atomic E-state index is 13.8. The molecule has 168 valence electrons. The summed E-state index contributed by atoms with van der Waals surface area (Å²) in [4.78, 5) is 28.7. The highest BCUT2D eigenvalue weighted by molar-refractivity contribution is 7.93. The minimum absolute atomic E-state index is 0.00194. The van der Waals surface area contributed by atoms with Gasteiger partial charge in [-0.3, -0.25) is 15.0 Å². The third-order valence-corrected chi connectivity index (χ3v) is 8.14. The summed E-state index contributed by atoms with van der Waals surface area (Å²) in [6.07, 6.45) is 4.39. The lowest BCUT2D eigenvalue weighted by Gasteiger charge is -2.25. The molecule has 12 heteroatoms. The molecular formula is C19H21F2N3O5S2. The number of aromatic nitrogens is 1. The van der Waals surface area contributed by atoms with Crippen molar-refractivity contribution in [2.45, 2.75) is 36.3 Å². The normalized spacial score (nSPS) is 14.5. The second-order valence-corrected chi connectivity index (χ2v) is 10.6. The molecule has 8 nitrogen and oxygen atoms in total. The highest BCUT2D eigenvalue weighted by atomic mass is 32.2. The van der Waals surface area contributed by atoms with E-state index >= 15 is 0 Å². The van der Waals surface area contributed by atoms with Gasteiger partial charge in [-0.25, -0.2) is 27.0 Å². The van der Waals surface area contributed by atoms with Crippen LogP contribution in [0.15, 0.2) is 28.6 Å². The lowest BCUT2D eigenvalue weighted by atomic mass is 10.1. The van der Waals surface area contributed by atoms with Gasteiger partial charge >= 0.3 is 12.0 Å². The number of nitrogens with zero attached hydrogens (tertiary/aromatic N) is 2. The molecule has 1 aromatic carbocycles. The first-order chi connectivity index (χ1) is 14.7. The maximum atomic E-state index is 13.8. The van der Waals surface area contributed by atoms with E-state index in [-0.39, 0.29) is 20.9 Å². The Kier molecular flexibility index (Phi) is 7.21. The van der Waals surface area contributed by atoms with Crippen molar-refractivity contribution in [1.82, 2.24) is 4.98 Å². The summed E-state index contributed by atoms with van der Waals surface area (Å²) in [5, 5.41) is 11.2. The highest BCUT2D eigenvalue weighted by Crippen LogP contribution is 2.30. The quantitative estimate of drug-likeness (QED) is 0.601. The number of nitrogens with one attached hydrogen (secondary N) is 1. The summed E-state index contributed by atoms with van der Waals surface area (Å²) in [6.45, 7) is 0.298. The molecule has 2 amide bonds. The van der Waals surface area contributed by atoms with Crippen molar-refractivity contribution in [1.29, 1.82) is 0 Å². The van der Waals surface area contributed by atoms with E-state index in [4.69, 9.17) is 5.11 Å². The van der Waals surface area contributed by atoms with Gasteiger partial charge in [0.1, 0.15) is 4.21 Å². The highest BCUT2D eigenvalue weighted by Gasteiger charge is 2.26. The van der Waals surface area contributed by atoms with E-state index in [1.54, 1.807) is 0 Å². The number of carboxylic acids is 1. The molecule has 2 aromatic rings. The number of anilines is 2. The summed E-state index contributed by atoms with van der Waals surface area (Å²) < 4.78 is 51.3. The average Bonchev–Trinajstić information content (AvgIpc) is 3.39. The summed E-state index contributed by atoms with van der Waals surface area (Å²) >= 11 is 0.696. The number of rotatable bonds is 8. The molecule has 1 aromatic heterocycles. The van der Waals surface area contributed by atoms with Crippen LogP contribution >= 0.6 is 11.3 Å². The van der Waals surface area contributed by atoms with Crippen molar-refractivity contribution < 1.29 is 31.9 Å². The fraction of sp³-hybridized carbons (Fsp3) is 0.421. The Morgan fingerprint density at radius 3 is 2.58 bits per heavy atom. The van der Waals surface area contributed by atoms with Gasteiger partial charge in [-0.15, -0.1) is 0 Å². The number of amides is 2. The van der Waals surface area contributed by atoms with Crippen LogP contribution in [0.1, 0.15) is 32.1 Å². The Labute approximate surface area is 181 Å². The fourth-order valence-corrected chi connectivity index (χ4v) is 5.74. The van der Waals surface area contributed by atoms with Gasteiger partial charge in [0.2, 0.25) is 0 Å². The van der Waals surface area contributed by atoms with Crippen LogP contribution in [-0.2, 0) is 14.6 Å².